The van der Waals surface area contributed by atoms with E-state index in [4.69, 9.17) is 4.74 Å². The Labute approximate surface area is 116 Å². The number of carbonyl (C=O) groups excluding carboxylic acids is 1. The molecule has 0 unspecified atom stereocenters. The van der Waals surface area contributed by atoms with E-state index in [2.05, 4.69) is 12.2 Å². The van der Waals surface area contributed by atoms with Crippen molar-refractivity contribution in [3.63, 3.8) is 0 Å². The van der Waals surface area contributed by atoms with Gasteiger partial charge in [-0.15, -0.1) is 0 Å². The fourth-order valence-corrected chi connectivity index (χ4v) is 3.34. The zero-order valence-electron chi connectivity index (χ0n) is 12.8. The van der Waals surface area contributed by atoms with Crippen LogP contribution in [-0.4, -0.2) is 41.3 Å². The lowest BCUT2D eigenvalue weighted by atomic mass is 9.81. The molecule has 0 aromatic carbocycles. The van der Waals surface area contributed by atoms with Gasteiger partial charge in [0.1, 0.15) is 5.60 Å². The summed E-state index contributed by atoms with van der Waals surface area (Å²) in [5.41, 5.74) is -0.506. The molecule has 1 N–H and O–H groups in total. The van der Waals surface area contributed by atoms with Crippen LogP contribution in [-0.2, 0) is 4.74 Å². The molecule has 0 radical (unpaired) electrons. The molecule has 2 aliphatic heterocycles. The average molecular weight is 268 g/mol. The number of carbonyl (C=O) groups is 1. The van der Waals surface area contributed by atoms with Crippen LogP contribution in [0.2, 0.25) is 0 Å². The Bertz CT molecular complexity index is 338. The molecule has 110 valence electrons. The van der Waals surface area contributed by atoms with Gasteiger partial charge in [-0.3, -0.25) is 0 Å². The molecule has 0 aliphatic carbocycles. The Balaban J connectivity index is 2.18. The quantitative estimate of drug-likeness (QED) is 0.734. The number of hydrogen-bond acceptors (Lipinski definition) is 3. The largest absolute Gasteiger partial charge is 0.444 e. The van der Waals surface area contributed by atoms with Gasteiger partial charge in [0.15, 0.2) is 0 Å². The van der Waals surface area contributed by atoms with Gasteiger partial charge in [0, 0.05) is 12.6 Å². The molecule has 2 atom stereocenters. The smallest absolute Gasteiger partial charge is 0.410 e. The summed E-state index contributed by atoms with van der Waals surface area (Å²) in [6.07, 6.45) is 5.48. The first-order valence-corrected chi connectivity index (χ1v) is 7.57. The predicted octanol–water partition coefficient (Wildman–Crippen LogP) is 2.92. The van der Waals surface area contributed by atoms with Crippen molar-refractivity contribution in [1.29, 1.82) is 0 Å². The molecule has 2 saturated heterocycles. The van der Waals surface area contributed by atoms with Gasteiger partial charge >= 0.3 is 6.09 Å². The second kappa shape index (κ2) is 5.31. The van der Waals surface area contributed by atoms with E-state index >= 15 is 0 Å². The van der Waals surface area contributed by atoms with Crippen molar-refractivity contribution in [2.45, 2.75) is 77.0 Å². The zero-order valence-corrected chi connectivity index (χ0v) is 12.8. The number of amides is 1. The van der Waals surface area contributed by atoms with Crippen molar-refractivity contribution < 1.29 is 9.53 Å². The zero-order chi connectivity index (χ0) is 14.1. The molecular weight excluding hydrogens is 240 g/mol. The molecule has 0 aromatic rings. The summed E-state index contributed by atoms with van der Waals surface area (Å²) in [6.45, 7) is 9.91. The first-order chi connectivity index (χ1) is 8.83. The lowest BCUT2D eigenvalue weighted by Crippen LogP contribution is -2.63. The van der Waals surface area contributed by atoms with Gasteiger partial charge in [-0.25, -0.2) is 4.79 Å². The minimum absolute atomic E-state index is 0.0862. The third-order valence-corrected chi connectivity index (χ3v) is 4.36. The Morgan fingerprint density at radius 3 is 2.74 bits per heavy atom. The first kappa shape index (κ1) is 14.6. The number of nitrogens with one attached hydrogen (secondary N) is 1. The molecule has 4 heteroatoms. The van der Waals surface area contributed by atoms with Crippen molar-refractivity contribution in [1.82, 2.24) is 10.2 Å². The monoisotopic (exact) mass is 268 g/mol. The highest BCUT2D eigenvalue weighted by molar-refractivity contribution is 5.69. The van der Waals surface area contributed by atoms with E-state index in [-0.39, 0.29) is 11.6 Å². The Kier molecular flexibility index (Phi) is 4.09. The van der Waals surface area contributed by atoms with Crippen molar-refractivity contribution in [3.05, 3.63) is 0 Å². The summed E-state index contributed by atoms with van der Waals surface area (Å²) in [7, 11) is 0. The van der Waals surface area contributed by atoms with E-state index in [1.54, 1.807) is 0 Å². The number of ether oxygens (including phenoxy) is 1. The van der Waals surface area contributed by atoms with E-state index in [1.807, 2.05) is 25.7 Å². The molecule has 4 nitrogen and oxygen atoms in total. The van der Waals surface area contributed by atoms with Crippen LogP contribution >= 0.6 is 0 Å². The molecule has 0 spiro atoms. The van der Waals surface area contributed by atoms with Crippen LogP contribution in [0.4, 0.5) is 4.79 Å². The lowest BCUT2D eigenvalue weighted by Gasteiger charge is -2.48. The Hall–Kier alpha value is -0.770. The fourth-order valence-electron chi connectivity index (χ4n) is 3.34. The highest BCUT2D eigenvalue weighted by Crippen LogP contribution is 2.35. The van der Waals surface area contributed by atoms with Crippen LogP contribution in [0.3, 0.4) is 0 Å². The minimum Gasteiger partial charge on any atom is -0.444 e. The molecule has 2 fully saturated rings. The van der Waals surface area contributed by atoms with Gasteiger partial charge in [-0.05, 0) is 59.9 Å². The standard InChI is InChI=1S/C15H28N2O2/c1-14(2,3)19-13(18)17-11-6-5-8-12-15(17,4)9-7-10-16-12/h12,16H,5-11H2,1-4H3/t12-,15-/m0/s1. The fraction of sp³-hybridized carbons (Fsp3) is 0.933. The second-order valence-corrected chi connectivity index (χ2v) is 7.10. The number of fused-ring (bicyclic) bond motifs is 1. The van der Waals surface area contributed by atoms with Crippen LogP contribution in [0.15, 0.2) is 0 Å². The maximum Gasteiger partial charge on any atom is 0.410 e. The number of hydrogen-bond donors (Lipinski definition) is 1. The molecule has 1 amide bonds. The normalized spacial score (nSPS) is 32.4. The summed E-state index contributed by atoms with van der Waals surface area (Å²) in [5, 5.41) is 3.60. The highest BCUT2D eigenvalue weighted by Gasteiger charge is 2.45. The maximum absolute atomic E-state index is 12.5. The van der Waals surface area contributed by atoms with Gasteiger partial charge in [0.05, 0.1) is 5.54 Å². The van der Waals surface area contributed by atoms with Crippen LogP contribution in [0.1, 0.15) is 59.8 Å². The molecule has 19 heavy (non-hydrogen) atoms. The topological polar surface area (TPSA) is 41.6 Å². The third kappa shape index (κ3) is 3.22. The van der Waals surface area contributed by atoms with Crippen LogP contribution in [0.5, 0.6) is 0 Å². The van der Waals surface area contributed by atoms with Crippen molar-refractivity contribution in [3.8, 4) is 0 Å². The molecule has 2 rings (SSSR count). The van der Waals surface area contributed by atoms with Gasteiger partial charge < -0.3 is 15.0 Å². The third-order valence-electron chi connectivity index (χ3n) is 4.36. The average Bonchev–Trinajstić information content (AvgIpc) is 2.45. The minimum atomic E-state index is -0.419. The second-order valence-electron chi connectivity index (χ2n) is 7.10. The molecule has 2 aliphatic rings. The van der Waals surface area contributed by atoms with Crippen LogP contribution < -0.4 is 5.32 Å². The molecular formula is C15H28N2O2. The van der Waals surface area contributed by atoms with Gasteiger partial charge in [0.2, 0.25) is 0 Å². The van der Waals surface area contributed by atoms with Gasteiger partial charge in [-0.1, -0.05) is 6.42 Å². The van der Waals surface area contributed by atoms with Gasteiger partial charge in [0.25, 0.3) is 0 Å². The van der Waals surface area contributed by atoms with E-state index in [0.29, 0.717) is 6.04 Å². The summed E-state index contributed by atoms with van der Waals surface area (Å²) < 4.78 is 5.61. The molecule has 0 bridgehead atoms. The first-order valence-electron chi connectivity index (χ1n) is 7.57. The SMILES string of the molecule is CC(C)(C)OC(=O)N1CCCC[C@@H]2NCCC[C@@]21C. The van der Waals surface area contributed by atoms with Gasteiger partial charge in [-0.2, -0.15) is 0 Å². The van der Waals surface area contributed by atoms with E-state index in [0.717, 1.165) is 38.8 Å². The van der Waals surface area contributed by atoms with Crippen molar-refractivity contribution >= 4 is 6.09 Å². The Morgan fingerprint density at radius 1 is 1.32 bits per heavy atom. The van der Waals surface area contributed by atoms with Crippen molar-refractivity contribution in [2.24, 2.45) is 0 Å². The maximum atomic E-state index is 12.5. The van der Waals surface area contributed by atoms with E-state index < -0.39 is 5.60 Å². The molecule has 0 aromatic heterocycles. The predicted molar refractivity (Wildman–Crippen MR) is 76.2 cm³/mol. The number of nitrogens with zero attached hydrogens (tertiary/aromatic N) is 1. The van der Waals surface area contributed by atoms with Crippen LogP contribution in [0.25, 0.3) is 0 Å². The van der Waals surface area contributed by atoms with Crippen molar-refractivity contribution in [2.75, 3.05) is 13.1 Å². The van der Waals surface area contributed by atoms with E-state index in [9.17, 15) is 4.79 Å². The summed E-state index contributed by atoms with van der Waals surface area (Å²) >= 11 is 0. The number of piperidine rings is 1. The summed E-state index contributed by atoms with van der Waals surface area (Å²) in [5.74, 6) is 0. The van der Waals surface area contributed by atoms with E-state index in [1.165, 1.54) is 6.42 Å². The lowest BCUT2D eigenvalue weighted by molar-refractivity contribution is -0.0131. The summed E-state index contributed by atoms with van der Waals surface area (Å²) in [6, 6.07) is 0.413. The van der Waals surface area contributed by atoms with Crippen LogP contribution in [0, 0.1) is 0 Å². The Morgan fingerprint density at radius 2 is 2.05 bits per heavy atom. The number of rotatable bonds is 0. The molecule has 0 saturated carbocycles. The highest BCUT2D eigenvalue weighted by atomic mass is 16.6. The molecule has 2 heterocycles. The summed E-state index contributed by atoms with van der Waals surface area (Å²) in [4.78, 5) is 14.5. The number of likely N-dealkylation sites (tertiary alicyclic amines) is 1.